The minimum Gasteiger partial charge on any atom is -0.456 e. The predicted octanol–water partition coefficient (Wildman–Crippen LogP) is 14.4. The summed E-state index contributed by atoms with van der Waals surface area (Å²) in [6.07, 6.45) is 0. The molecule has 2 heterocycles. The van der Waals surface area contributed by atoms with E-state index in [1.165, 1.54) is 48.0 Å². The molecule has 2 aromatic heterocycles. The molecule has 3 heteroatoms. The monoisotopic (exact) mass is 669 g/mol. The highest BCUT2D eigenvalue weighted by Crippen LogP contribution is 2.48. The third kappa shape index (κ3) is 5.18. The van der Waals surface area contributed by atoms with Crippen molar-refractivity contribution in [1.29, 1.82) is 0 Å². The van der Waals surface area contributed by atoms with Crippen molar-refractivity contribution in [2.45, 2.75) is 0 Å². The first kappa shape index (κ1) is 29.5. The molecule has 0 aliphatic rings. The Balaban J connectivity index is 1.20. The second-order valence-corrected chi connectivity index (χ2v) is 14.0. The molecule has 0 unspecified atom stereocenters. The molecular weight excluding hydrogens is 639 g/mol. The van der Waals surface area contributed by atoms with Crippen LogP contribution in [0.25, 0.3) is 75.5 Å². The van der Waals surface area contributed by atoms with E-state index in [0.717, 1.165) is 44.6 Å². The van der Waals surface area contributed by atoms with Gasteiger partial charge in [-0.15, -0.1) is 11.3 Å². The number of nitrogens with zero attached hydrogens (tertiary/aromatic N) is 1. The normalized spacial score (nSPS) is 11.5. The maximum atomic E-state index is 6.21. The second kappa shape index (κ2) is 12.2. The van der Waals surface area contributed by atoms with E-state index >= 15 is 0 Å². The van der Waals surface area contributed by atoms with Crippen molar-refractivity contribution in [2.75, 3.05) is 4.90 Å². The molecule has 0 radical (unpaired) electrons. The fourth-order valence-electron chi connectivity index (χ4n) is 7.34. The van der Waals surface area contributed by atoms with Crippen LogP contribution in [-0.4, -0.2) is 0 Å². The summed E-state index contributed by atoms with van der Waals surface area (Å²) in [6.45, 7) is 0. The van der Waals surface area contributed by atoms with Crippen LogP contribution in [0.3, 0.4) is 0 Å². The molecule has 0 aliphatic heterocycles. The average molecular weight is 670 g/mol. The summed E-state index contributed by atoms with van der Waals surface area (Å²) in [7, 11) is 0. The van der Waals surface area contributed by atoms with Crippen LogP contribution in [0.4, 0.5) is 17.1 Å². The zero-order valence-electron chi connectivity index (χ0n) is 27.7. The van der Waals surface area contributed by atoms with E-state index in [4.69, 9.17) is 4.42 Å². The molecule has 0 atom stereocenters. The summed E-state index contributed by atoms with van der Waals surface area (Å²) < 4.78 is 8.75. The third-order valence-corrected chi connectivity index (χ3v) is 11.1. The molecule has 2 nitrogen and oxygen atoms in total. The second-order valence-electron chi connectivity index (χ2n) is 12.9. The summed E-state index contributed by atoms with van der Waals surface area (Å²) >= 11 is 1.86. The highest BCUT2D eigenvalue weighted by Gasteiger charge is 2.21. The molecule has 8 aromatic carbocycles. The number of hydrogen-bond acceptors (Lipinski definition) is 3. The van der Waals surface area contributed by atoms with Crippen molar-refractivity contribution < 1.29 is 4.42 Å². The van der Waals surface area contributed by atoms with Crippen molar-refractivity contribution in [3.63, 3.8) is 0 Å². The minimum absolute atomic E-state index is 0.904. The van der Waals surface area contributed by atoms with Crippen LogP contribution < -0.4 is 4.90 Å². The smallest absolute Gasteiger partial charge is 0.135 e. The summed E-state index contributed by atoms with van der Waals surface area (Å²) in [6, 6.07) is 67.5. The molecule has 0 amide bonds. The number of anilines is 3. The minimum atomic E-state index is 0.904. The lowest BCUT2D eigenvalue weighted by molar-refractivity contribution is 0.669. The van der Waals surface area contributed by atoms with E-state index in [1.807, 2.05) is 23.5 Å². The zero-order chi connectivity index (χ0) is 33.7. The van der Waals surface area contributed by atoms with Gasteiger partial charge in [0.2, 0.25) is 0 Å². The van der Waals surface area contributed by atoms with Gasteiger partial charge < -0.3 is 9.32 Å². The molecule has 10 aromatic rings. The molecule has 240 valence electrons. The van der Waals surface area contributed by atoms with Crippen LogP contribution in [0.1, 0.15) is 0 Å². The third-order valence-electron chi connectivity index (χ3n) is 9.87. The van der Waals surface area contributed by atoms with Gasteiger partial charge in [0.25, 0.3) is 0 Å². The van der Waals surface area contributed by atoms with Crippen LogP contribution in [-0.2, 0) is 0 Å². The van der Waals surface area contributed by atoms with Gasteiger partial charge >= 0.3 is 0 Å². The molecule has 0 spiro atoms. The van der Waals surface area contributed by atoms with Crippen molar-refractivity contribution >= 4 is 70.5 Å². The molecular formula is C48H31NOS. The van der Waals surface area contributed by atoms with E-state index in [9.17, 15) is 0 Å². The lowest BCUT2D eigenvalue weighted by Crippen LogP contribution is -2.10. The molecule has 0 saturated carbocycles. The molecule has 0 saturated heterocycles. The van der Waals surface area contributed by atoms with Crippen molar-refractivity contribution in [3.05, 3.63) is 188 Å². The van der Waals surface area contributed by atoms with Gasteiger partial charge in [-0.05, 0) is 94.0 Å². The van der Waals surface area contributed by atoms with Crippen LogP contribution >= 0.6 is 11.3 Å². The van der Waals surface area contributed by atoms with Crippen molar-refractivity contribution in [3.8, 4) is 33.4 Å². The summed E-state index contributed by atoms with van der Waals surface area (Å²) in [4.78, 5) is 2.43. The highest BCUT2D eigenvalue weighted by atomic mass is 32.1. The topological polar surface area (TPSA) is 16.4 Å². The van der Waals surface area contributed by atoms with Crippen LogP contribution in [0.2, 0.25) is 0 Å². The Bertz CT molecular complexity index is 2750. The standard InChI is InChI=1S/C48H31NOS/c1-3-11-32(12-4-1)34-19-24-38(25-20-34)49(39-26-21-35(22-27-39)33-13-5-2-6-14-33)44-31-37(30-43-41-16-8-10-18-47(41)51-48(43)44)36-23-28-46-42(29-36)40-15-7-9-17-45(40)50-46/h1-31H. The van der Waals surface area contributed by atoms with E-state index in [0.29, 0.717) is 0 Å². The van der Waals surface area contributed by atoms with E-state index < -0.39 is 0 Å². The van der Waals surface area contributed by atoms with Crippen molar-refractivity contribution in [2.24, 2.45) is 0 Å². The number of thiophene rings is 1. The first-order valence-corrected chi connectivity index (χ1v) is 18.1. The van der Waals surface area contributed by atoms with Gasteiger partial charge in [-0.25, -0.2) is 0 Å². The molecule has 0 N–H and O–H groups in total. The number of para-hydroxylation sites is 1. The number of rotatable bonds is 6. The Labute approximate surface area is 300 Å². The summed E-state index contributed by atoms with van der Waals surface area (Å²) in [5.74, 6) is 0. The van der Waals surface area contributed by atoms with Crippen molar-refractivity contribution in [1.82, 2.24) is 0 Å². The molecule has 10 rings (SSSR count). The summed E-state index contributed by atoms with van der Waals surface area (Å²) in [5, 5.41) is 4.79. The molecule has 0 aliphatic carbocycles. The van der Waals surface area contributed by atoms with Gasteiger partial charge in [0.15, 0.2) is 0 Å². The maximum Gasteiger partial charge on any atom is 0.135 e. The van der Waals surface area contributed by atoms with Gasteiger partial charge in [-0.3, -0.25) is 0 Å². The van der Waals surface area contributed by atoms with Gasteiger partial charge in [0, 0.05) is 37.6 Å². The Kier molecular flexibility index (Phi) is 7.04. The zero-order valence-corrected chi connectivity index (χ0v) is 28.5. The van der Waals surface area contributed by atoms with Gasteiger partial charge in [-0.2, -0.15) is 0 Å². The Morgan fingerprint density at radius 2 is 0.863 bits per heavy atom. The first-order chi connectivity index (χ1) is 25.3. The van der Waals surface area contributed by atoms with E-state index in [2.05, 4.69) is 181 Å². The van der Waals surface area contributed by atoms with Gasteiger partial charge in [-0.1, -0.05) is 127 Å². The van der Waals surface area contributed by atoms with E-state index in [-0.39, 0.29) is 0 Å². The Morgan fingerprint density at radius 3 is 1.53 bits per heavy atom. The average Bonchev–Trinajstić information content (AvgIpc) is 3.77. The Morgan fingerprint density at radius 1 is 0.353 bits per heavy atom. The lowest BCUT2D eigenvalue weighted by Gasteiger charge is -2.27. The van der Waals surface area contributed by atoms with Crippen LogP contribution in [0, 0.1) is 0 Å². The molecule has 51 heavy (non-hydrogen) atoms. The highest BCUT2D eigenvalue weighted by molar-refractivity contribution is 7.26. The quantitative estimate of drug-likeness (QED) is 0.175. The fourth-order valence-corrected chi connectivity index (χ4v) is 8.53. The number of furan rings is 1. The van der Waals surface area contributed by atoms with Crippen LogP contribution in [0.15, 0.2) is 192 Å². The molecule has 0 bridgehead atoms. The Hall–Kier alpha value is -6.42. The largest absolute Gasteiger partial charge is 0.456 e. The number of benzene rings is 8. The summed E-state index contributed by atoms with van der Waals surface area (Å²) in [5.41, 5.74) is 12.3. The predicted molar refractivity (Wildman–Crippen MR) is 218 cm³/mol. The SMILES string of the molecule is c1ccc(-c2ccc(N(c3ccc(-c4ccccc4)cc3)c3cc(-c4ccc5oc6ccccc6c5c4)cc4c3sc3ccccc34)cc2)cc1. The number of fused-ring (bicyclic) bond motifs is 6. The molecule has 0 fully saturated rings. The lowest BCUT2D eigenvalue weighted by atomic mass is 9.98. The van der Waals surface area contributed by atoms with Gasteiger partial charge in [0.05, 0.1) is 10.4 Å². The van der Waals surface area contributed by atoms with Gasteiger partial charge in [0.1, 0.15) is 11.2 Å². The first-order valence-electron chi connectivity index (χ1n) is 17.2. The fraction of sp³-hybridized carbons (Fsp3) is 0. The maximum absolute atomic E-state index is 6.21. The van der Waals surface area contributed by atoms with E-state index in [1.54, 1.807) is 0 Å². The van der Waals surface area contributed by atoms with Crippen LogP contribution in [0.5, 0.6) is 0 Å². The number of hydrogen-bond donors (Lipinski definition) is 0.